The monoisotopic (exact) mass is 573 g/mol. The van der Waals surface area contributed by atoms with Crippen LogP contribution in [0.2, 0.25) is 0 Å². The van der Waals surface area contributed by atoms with Crippen LogP contribution < -0.4 is 16.0 Å². The molecule has 0 fully saturated rings. The molecule has 0 aliphatic heterocycles. The van der Waals surface area contributed by atoms with Crippen molar-refractivity contribution in [3.05, 3.63) is 137 Å². The highest BCUT2D eigenvalue weighted by Gasteiger charge is 2.37. The summed E-state index contributed by atoms with van der Waals surface area (Å²) in [6.07, 6.45) is -9.95. The van der Waals surface area contributed by atoms with E-state index in [1.54, 1.807) is 0 Å². The molecule has 3 nitrogen and oxygen atoms in total. The molecule has 0 heterocycles. The quantitative estimate of drug-likeness (QED) is 0.146. The Morgan fingerprint density at radius 1 is 0.625 bits per heavy atom. The third kappa shape index (κ3) is 7.83. The number of hydrogen-bond donors (Lipinski definition) is 3. The Hall–Kier alpha value is -3.89. The third-order valence-electron chi connectivity index (χ3n) is 6.15. The number of thiocarbonyl (C=S) groups is 1. The van der Waals surface area contributed by atoms with E-state index in [0.717, 1.165) is 16.7 Å². The number of anilines is 1. The molecule has 0 spiro atoms. The van der Waals surface area contributed by atoms with Crippen LogP contribution in [0.5, 0.6) is 0 Å². The summed E-state index contributed by atoms with van der Waals surface area (Å²) in [5, 5.41) is 9.06. The minimum absolute atomic E-state index is 0.0768. The number of hydrogen-bond acceptors (Lipinski definition) is 2. The summed E-state index contributed by atoms with van der Waals surface area (Å²) >= 11 is 5.42. The summed E-state index contributed by atoms with van der Waals surface area (Å²) < 4.78 is 80.2. The molecule has 0 aliphatic carbocycles. The summed E-state index contributed by atoms with van der Waals surface area (Å²) in [7, 11) is 0. The Morgan fingerprint density at radius 3 is 1.55 bits per heavy atom. The highest BCUT2D eigenvalue weighted by molar-refractivity contribution is 7.80. The van der Waals surface area contributed by atoms with Gasteiger partial charge in [0.25, 0.3) is 0 Å². The highest BCUT2D eigenvalue weighted by Crippen LogP contribution is 2.38. The van der Waals surface area contributed by atoms with Gasteiger partial charge in [0.15, 0.2) is 5.11 Å². The van der Waals surface area contributed by atoms with Crippen LogP contribution in [0, 0.1) is 0 Å². The minimum atomic E-state index is -4.97. The average molecular weight is 574 g/mol. The van der Waals surface area contributed by atoms with Crippen LogP contribution in [0.1, 0.15) is 39.9 Å². The predicted molar refractivity (Wildman–Crippen MR) is 147 cm³/mol. The smallest absolute Gasteiger partial charge is 0.354 e. The van der Waals surface area contributed by atoms with Gasteiger partial charge in [-0.2, -0.15) is 26.3 Å². The SMILES string of the molecule is FC(F)(F)c1cc(NC(=S)N[C@@H](c2ccccc2)[C@H](NCc2ccccc2)c2ccccc2)cc(C(F)(F)F)c1. The molecular weight excluding hydrogens is 548 g/mol. The van der Waals surface area contributed by atoms with E-state index in [1.807, 2.05) is 91.0 Å². The topological polar surface area (TPSA) is 36.1 Å². The lowest BCUT2D eigenvalue weighted by Gasteiger charge is -2.31. The molecule has 4 aromatic carbocycles. The van der Waals surface area contributed by atoms with Crippen LogP contribution in [0.4, 0.5) is 32.0 Å². The lowest BCUT2D eigenvalue weighted by molar-refractivity contribution is -0.143. The van der Waals surface area contributed by atoms with Crippen molar-refractivity contribution < 1.29 is 26.3 Å². The molecule has 10 heteroatoms. The van der Waals surface area contributed by atoms with Crippen LogP contribution in [0.25, 0.3) is 0 Å². The van der Waals surface area contributed by atoms with E-state index >= 15 is 0 Å². The molecule has 0 amide bonds. The Morgan fingerprint density at radius 2 is 1.07 bits per heavy atom. The Bertz CT molecular complexity index is 1360. The maximum Gasteiger partial charge on any atom is 0.416 e. The van der Waals surface area contributed by atoms with Gasteiger partial charge in [0.05, 0.1) is 23.2 Å². The van der Waals surface area contributed by atoms with Crippen LogP contribution in [-0.2, 0) is 18.9 Å². The van der Waals surface area contributed by atoms with Crippen molar-refractivity contribution in [1.29, 1.82) is 0 Å². The fourth-order valence-electron chi connectivity index (χ4n) is 4.27. The largest absolute Gasteiger partial charge is 0.416 e. The first kappa shape index (κ1) is 29.1. The molecule has 0 radical (unpaired) electrons. The number of rotatable bonds is 8. The molecule has 40 heavy (non-hydrogen) atoms. The van der Waals surface area contributed by atoms with Crippen LogP contribution in [0.15, 0.2) is 109 Å². The van der Waals surface area contributed by atoms with Gasteiger partial charge in [0.1, 0.15) is 0 Å². The third-order valence-corrected chi connectivity index (χ3v) is 6.37. The Labute approximate surface area is 233 Å². The summed E-state index contributed by atoms with van der Waals surface area (Å²) in [5.74, 6) is 0. The molecule has 4 aromatic rings. The lowest BCUT2D eigenvalue weighted by atomic mass is 9.93. The van der Waals surface area contributed by atoms with Crippen molar-refractivity contribution in [2.45, 2.75) is 31.0 Å². The van der Waals surface area contributed by atoms with Crippen LogP contribution >= 0.6 is 12.2 Å². The van der Waals surface area contributed by atoms with Gasteiger partial charge >= 0.3 is 12.4 Å². The molecule has 0 unspecified atom stereocenters. The maximum atomic E-state index is 13.4. The van der Waals surface area contributed by atoms with Crippen molar-refractivity contribution in [2.75, 3.05) is 5.32 Å². The van der Waals surface area contributed by atoms with Gasteiger partial charge in [-0.15, -0.1) is 0 Å². The van der Waals surface area contributed by atoms with Crippen molar-refractivity contribution in [1.82, 2.24) is 10.6 Å². The average Bonchev–Trinajstić information content (AvgIpc) is 2.93. The predicted octanol–water partition coefficient (Wildman–Crippen LogP) is 8.28. The van der Waals surface area contributed by atoms with Gasteiger partial charge in [-0.05, 0) is 47.1 Å². The molecule has 208 valence electrons. The van der Waals surface area contributed by atoms with E-state index in [9.17, 15) is 26.3 Å². The number of nitrogens with one attached hydrogen (secondary N) is 3. The molecule has 4 rings (SSSR count). The molecule has 0 aromatic heterocycles. The summed E-state index contributed by atoms with van der Waals surface area (Å²) in [5.41, 5.74) is -0.556. The number of alkyl halides is 6. The van der Waals surface area contributed by atoms with Gasteiger partial charge < -0.3 is 16.0 Å². The Balaban J connectivity index is 1.66. The molecule has 3 N–H and O–H groups in total. The zero-order valence-electron chi connectivity index (χ0n) is 20.9. The minimum Gasteiger partial charge on any atom is -0.354 e. The van der Waals surface area contributed by atoms with Crippen molar-refractivity contribution in [3.8, 4) is 0 Å². The first-order valence-corrected chi connectivity index (χ1v) is 12.7. The number of halogens is 6. The summed E-state index contributed by atoms with van der Waals surface area (Å²) in [6, 6.07) is 28.8. The molecule has 0 aliphatic rings. The fraction of sp³-hybridized carbons (Fsp3) is 0.167. The summed E-state index contributed by atoms with van der Waals surface area (Å²) in [6.45, 7) is 0.494. The van der Waals surface area contributed by atoms with E-state index in [2.05, 4.69) is 16.0 Å². The first-order chi connectivity index (χ1) is 19.0. The zero-order valence-corrected chi connectivity index (χ0v) is 21.7. The first-order valence-electron chi connectivity index (χ1n) is 12.2. The van der Waals surface area contributed by atoms with Gasteiger partial charge in [-0.3, -0.25) is 0 Å². The summed E-state index contributed by atoms with van der Waals surface area (Å²) in [4.78, 5) is 0. The Kier molecular flexibility index (Phi) is 9.11. The van der Waals surface area contributed by atoms with Crippen LogP contribution in [0.3, 0.4) is 0 Å². The molecular formula is C30H25F6N3S. The van der Waals surface area contributed by atoms with Crippen LogP contribution in [-0.4, -0.2) is 5.11 Å². The second kappa shape index (κ2) is 12.5. The van der Waals surface area contributed by atoms with Gasteiger partial charge in [0, 0.05) is 12.2 Å². The fourth-order valence-corrected chi connectivity index (χ4v) is 4.51. The molecule has 2 atom stereocenters. The normalized spacial score (nSPS) is 13.3. The van der Waals surface area contributed by atoms with E-state index in [0.29, 0.717) is 18.7 Å². The molecule has 0 saturated carbocycles. The van der Waals surface area contributed by atoms with E-state index < -0.39 is 35.2 Å². The number of benzene rings is 4. The van der Waals surface area contributed by atoms with E-state index in [1.165, 1.54) is 0 Å². The van der Waals surface area contributed by atoms with Gasteiger partial charge in [-0.1, -0.05) is 91.0 Å². The maximum absolute atomic E-state index is 13.4. The van der Waals surface area contributed by atoms with E-state index in [4.69, 9.17) is 12.2 Å². The second-order valence-electron chi connectivity index (χ2n) is 9.04. The lowest BCUT2D eigenvalue weighted by Crippen LogP contribution is -2.40. The highest BCUT2D eigenvalue weighted by atomic mass is 32.1. The van der Waals surface area contributed by atoms with E-state index in [-0.39, 0.29) is 17.2 Å². The zero-order chi connectivity index (χ0) is 28.8. The van der Waals surface area contributed by atoms with Gasteiger partial charge in [-0.25, -0.2) is 0 Å². The van der Waals surface area contributed by atoms with Crippen molar-refractivity contribution in [2.24, 2.45) is 0 Å². The second-order valence-corrected chi connectivity index (χ2v) is 9.44. The van der Waals surface area contributed by atoms with Crippen molar-refractivity contribution >= 4 is 23.0 Å². The molecule has 0 saturated heterocycles. The van der Waals surface area contributed by atoms with Crippen molar-refractivity contribution in [3.63, 3.8) is 0 Å². The molecule has 0 bridgehead atoms. The standard InChI is InChI=1S/C30H25F6N3S/c31-29(32,33)23-16-24(30(34,35)36)18-25(17-23)38-28(40)39-27(22-14-8-3-9-15-22)26(21-12-6-2-7-13-21)37-19-20-10-4-1-5-11-20/h1-18,26-27,37H,19H2,(H2,38,39,40)/t26-,27+/m1/s1. The van der Waals surface area contributed by atoms with Gasteiger partial charge in [0.2, 0.25) is 0 Å².